The van der Waals surface area contributed by atoms with E-state index in [-0.39, 0.29) is 6.61 Å². The van der Waals surface area contributed by atoms with Crippen LogP contribution in [0.1, 0.15) is 17.2 Å². The minimum Gasteiger partial charge on any atom is -0.370 e. The molecule has 1 rings (SSSR count). The van der Waals surface area contributed by atoms with E-state index in [1.807, 2.05) is 13.0 Å². The smallest absolute Gasteiger partial charge is 0.370 e. The highest BCUT2D eigenvalue weighted by Crippen LogP contribution is 2.29. The van der Waals surface area contributed by atoms with Crippen LogP contribution in [0, 0.1) is 6.92 Å². The lowest BCUT2D eigenvalue weighted by molar-refractivity contribution is -0.174. The van der Waals surface area contributed by atoms with Gasteiger partial charge in [-0.3, -0.25) is 0 Å². The Bertz CT molecular complexity index is 423. The van der Waals surface area contributed by atoms with Crippen molar-refractivity contribution in [3.8, 4) is 0 Å². The maximum Gasteiger partial charge on any atom is 0.411 e. The third-order valence-corrected chi connectivity index (χ3v) is 3.78. The van der Waals surface area contributed by atoms with E-state index in [9.17, 15) is 13.2 Å². The molecule has 7 heteroatoms. The second-order valence-corrected chi connectivity index (χ2v) is 5.57. The summed E-state index contributed by atoms with van der Waals surface area (Å²) in [6.45, 7) is 0.434. The number of nitrogens with two attached hydrogens (primary N) is 1. The number of hydrogen-bond donors (Lipinski definition) is 1. The molecule has 0 saturated carbocycles. The van der Waals surface area contributed by atoms with Gasteiger partial charge in [-0.2, -0.15) is 13.2 Å². The lowest BCUT2D eigenvalue weighted by Crippen LogP contribution is -2.23. The van der Waals surface area contributed by atoms with E-state index in [1.54, 1.807) is 6.07 Å². The van der Waals surface area contributed by atoms with Gasteiger partial charge in [0.2, 0.25) is 0 Å². The van der Waals surface area contributed by atoms with Crippen molar-refractivity contribution in [1.29, 1.82) is 0 Å². The highest BCUT2D eigenvalue weighted by Gasteiger charge is 2.27. The van der Waals surface area contributed by atoms with Gasteiger partial charge in [-0.05, 0) is 30.2 Å². The first-order valence-electron chi connectivity index (χ1n) is 5.06. The van der Waals surface area contributed by atoms with E-state index in [2.05, 4.69) is 36.6 Å². The molecule has 1 aromatic rings. The van der Waals surface area contributed by atoms with E-state index in [0.29, 0.717) is 5.56 Å². The summed E-state index contributed by atoms with van der Waals surface area (Å²) in [6.07, 6.45) is -4.33. The van der Waals surface area contributed by atoms with Crippen molar-refractivity contribution in [3.05, 3.63) is 32.2 Å². The predicted molar refractivity (Wildman–Crippen MR) is 70.4 cm³/mol. The summed E-state index contributed by atoms with van der Waals surface area (Å²) in [4.78, 5) is 0. The Morgan fingerprint density at radius 2 is 1.89 bits per heavy atom. The fourth-order valence-corrected chi connectivity index (χ4v) is 2.45. The molecular weight excluding hydrogens is 379 g/mol. The summed E-state index contributed by atoms with van der Waals surface area (Å²) < 4.78 is 41.9. The number of aryl methyl sites for hydroxylation is 1. The molecule has 0 aliphatic rings. The predicted octanol–water partition coefficient (Wildman–Crippen LogP) is 4.10. The summed E-state index contributed by atoms with van der Waals surface area (Å²) in [5.74, 6) is 0. The quantitative estimate of drug-likeness (QED) is 0.839. The van der Waals surface area contributed by atoms with Gasteiger partial charge in [0, 0.05) is 8.95 Å². The second-order valence-electron chi connectivity index (χ2n) is 3.86. The molecule has 0 aromatic heterocycles. The number of ether oxygens (including phenoxy) is 1. The van der Waals surface area contributed by atoms with Gasteiger partial charge in [0.15, 0.2) is 0 Å². The molecule has 0 radical (unpaired) electrons. The Labute approximate surface area is 120 Å². The molecular formula is C11H12Br2F3NO. The van der Waals surface area contributed by atoms with Crippen molar-refractivity contribution in [2.24, 2.45) is 5.73 Å². The number of benzene rings is 1. The Morgan fingerprint density at radius 1 is 1.28 bits per heavy atom. The molecule has 0 saturated heterocycles. The fraction of sp³-hybridized carbons (Fsp3) is 0.455. The van der Waals surface area contributed by atoms with Gasteiger partial charge in [-0.1, -0.05) is 31.9 Å². The third kappa shape index (κ3) is 4.87. The number of alkyl halides is 3. The first kappa shape index (κ1) is 15.9. The van der Waals surface area contributed by atoms with Gasteiger partial charge in [0.05, 0.1) is 12.6 Å². The van der Waals surface area contributed by atoms with E-state index in [1.165, 1.54) is 0 Å². The maximum atomic E-state index is 11.9. The van der Waals surface area contributed by atoms with E-state index < -0.39 is 18.8 Å². The zero-order chi connectivity index (χ0) is 13.9. The summed E-state index contributed by atoms with van der Waals surface area (Å²) in [5.41, 5.74) is 7.51. The van der Waals surface area contributed by atoms with Crippen LogP contribution >= 0.6 is 31.9 Å². The van der Waals surface area contributed by atoms with Gasteiger partial charge in [0.25, 0.3) is 0 Å². The molecule has 0 bridgehead atoms. The molecule has 2 nitrogen and oxygen atoms in total. The van der Waals surface area contributed by atoms with Crippen molar-refractivity contribution in [1.82, 2.24) is 0 Å². The molecule has 0 aliphatic carbocycles. The first-order valence-corrected chi connectivity index (χ1v) is 6.65. The molecule has 0 fully saturated rings. The summed E-state index contributed by atoms with van der Waals surface area (Å²) >= 11 is 6.69. The van der Waals surface area contributed by atoms with Crippen molar-refractivity contribution >= 4 is 31.9 Å². The van der Waals surface area contributed by atoms with E-state index in [0.717, 1.165) is 14.5 Å². The van der Waals surface area contributed by atoms with Gasteiger partial charge in [-0.25, -0.2) is 0 Å². The molecule has 18 heavy (non-hydrogen) atoms. The topological polar surface area (TPSA) is 35.2 Å². The Balaban J connectivity index is 2.67. The summed E-state index contributed by atoms with van der Waals surface area (Å²) in [7, 11) is 0. The van der Waals surface area contributed by atoms with Gasteiger partial charge in [-0.15, -0.1) is 0 Å². The van der Waals surface area contributed by atoms with Crippen LogP contribution in [-0.2, 0) is 4.74 Å². The highest BCUT2D eigenvalue weighted by molar-refractivity contribution is 9.11. The molecule has 1 unspecified atom stereocenters. The Morgan fingerprint density at radius 3 is 2.44 bits per heavy atom. The molecule has 0 aliphatic heterocycles. The Hall–Kier alpha value is -0.110. The van der Waals surface area contributed by atoms with Crippen LogP contribution in [0.25, 0.3) is 0 Å². The standard InChI is InChI=1S/C11H12Br2F3NO/c1-6-2-9(13)7(3-8(6)12)10(17)4-18-5-11(14,15)16/h2-3,10H,4-5,17H2,1H3. The van der Waals surface area contributed by atoms with E-state index in [4.69, 9.17) is 5.73 Å². The van der Waals surface area contributed by atoms with Gasteiger partial charge >= 0.3 is 6.18 Å². The van der Waals surface area contributed by atoms with Gasteiger partial charge < -0.3 is 10.5 Å². The van der Waals surface area contributed by atoms with Crippen LogP contribution in [0.15, 0.2) is 21.1 Å². The van der Waals surface area contributed by atoms with Crippen LogP contribution in [0.5, 0.6) is 0 Å². The molecule has 102 valence electrons. The zero-order valence-electron chi connectivity index (χ0n) is 9.52. The SMILES string of the molecule is Cc1cc(Br)c(C(N)COCC(F)(F)F)cc1Br. The first-order chi connectivity index (χ1) is 8.20. The third-order valence-electron chi connectivity index (χ3n) is 2.24. The molecule has 1 aromatic carbocycles. The van der Waals surface area contributed by atoms with Crippen molar-refractivity contribution in [2.45, 2.75) is 19.1 Å². The number of hydrogen-bond acceptors (Lipinski definition) is 2. The van der Waals surface area contributed by atoms with Crippen molar-refractivity contribution in [3.63, 3.8) is 0 Å². The molecule has 0 amide bonds. The van der Waals surface area contributed by atoms with Crippen LogP contribution in [-0.4, -0.2) is 19.4 Å². The second kappa shape index (κ2) is 6.36. The van der Waals surface area contributed by atoms with Crippen LogP contribution in [0.2, 0.25) is 0 Å². The van der Waals surface area contributed by atoms with Crippen LogP contribution in [0.4, 0.5) is 13.2 Å². The largest absolute Gasteiger partial charge is 0.411 e. The zero-order valence-corrected chi connectivity index (χ0v) is 12.7. The molecule has 0 heterocycles. The van der Waals surface area contributed by atoms with E-state index >= 15 is 0 Å². The van der Waals surface area contributed by atoms with Crippen molar-refractivity contribution < 1.29 is 17.9 Å². The van der Waals surface area contributed by atoms with Crippen LogP contribution < -0.4 is 5.73 Å². The lowest BCUT2D eigenvalue weighted by atomic mass is 10.1. The fourth-order valence-electron chi connectivity index (χ4n) is 1.34. The average Bonchev–Trinajstić information content (AvgIpc) is 2.21. The van der Waals surface area contributed by atoms with Gasteiger partial charge in [0.1, 0.15) is 6.61 Å². The van der Waals surface area contributed by atoms with Crippen molar-refractivity contribution in [2.75, 3.05) is 13.2 Å². The highest BCUT2D eigenvalue weighted by atomic mass is 79.9. The molecule has 1 atom stereocenters. The maximum absolute atomic E-state index is 11.9. The normalized spacial score (nSPS) is 13.7. The average molecular weight is 391 g/mol. The lowest BCUT2D eigenvalue weighted by Gasteiger charge is -2.16. The number of halogens is 5. The number of rotatable bonds is 4. The Kier molecular flexibility index (Phi) is 5.64. The molecule has 0 spiro atoms. The van der Waals surface area contributed by atoms with Crippen LogP contribution in [0.3, 0.4) is 0 Å². The monoisotopic (exact) mass is 389 g/mol. The summed E-state index contributed by atoms with van der Waals surface area (Å²) in [6, 6.07) is 3.02. The minimum atomic E-state index is -4.33. The molecule has 2 N–H and O–H groups in total. The minimum absolute atomic E-state index is 0.187. The summed E-state index contributed by atoms with van der Waals surface area (Å²) in [5, 5.41) is 0.